The van der Waals surface area contributed by atoms with Gasteiger partial charge in [-0.05, 0) is 23.8 Å². The summed E-state index contributed by atoms with van der Waals surface area (Å²) >= 11 is 0. The Hall–Kier alpha value is -3.26. The van der Waals surface area contributed by atoms with Gasteiger partial charge in [0.05, 0.1) is 43.8 Å². The van der Waals surface area contributed by atoms with Crippen LogP contribution in [0.2, 0.25) is 0 Å². The number of hydrogen-bond donors (Lipinski definition) is 0. The molecule has 4 atom stereocenters. The summed E-state index contributed by atoms with van der Waals surface area (Å²) in [5.74, 6) is -0.424. The zero-order valence-electron chi connectivity index (χ0n) is 17.5. The Morgan fingerprint density at radius 1 is 1.39 bits per heavy atom. The van der Waals surface area contributed by atoms with E-state index >= 15 is 0 Å². The number of fused-ring (bicyclic) bond motifs is 1. The van der Waals surface area contributed by atoms with Gasteiger partial charge in [0, 0.05) is 19.8 Å². The molecular formula is C23H24N4O4. The minimum absolute atomic E-state index is 0.0385. The van der Waals surface area contributed by atoms with Gasteiger partial charge >= 0.3 is 0 Å². The van der Waals surface area contributed by atoms with Gasteiger partial charge in [0.1, 0.15) is 17.7 Å². The number of carbonyl (C=O) groups excluding carboxylic acids is 2. The maximum absolute atomic E-state index is 13.4. The van der Waals surface area contributed by atoms with Crippen molar-refractivity contribution in [3.8, 4) is 5.75 Å². The van der Waals surface area contributed by atoms with E-state index in [1.54, 1.807) is 36.2 Å². The quantitative estimate of drug-likeness (QED) is 0.658. The van der Waals surface area contributed by atoms with Gasteiger partial charge in [0.2, 0.25) is 11.8 Å². The Morgan fingerprint density at radius 3 is 3.03 bits per heavy atom. The molecule has 0 N–H and O–H groups in total. The summed E-state index contributed by atoms with van der Waals surface area (Å²) in [5, 5.41) is 0. The number of carbonyl (C=O) groups is 2. The number of likely N-dealkylation sites (tertiary alicyclic amines) is 1. The van der Waals surface area contributed by atoms with Crippen LogP contribution in [0.25, 0.3) is 0 Å². The lowest BCUT2D eigenvalue weighted by Gasteiger charge is -2.27. The molecular weight excluding hydrogens is 396 g/mol. The summed E-state index contributed by atoms with van der Waals surface area (Å²) in [6.45, 7) is 1.25. The van der Waals surface area contributed by atoms with Crippen molar-refractivity contribution < 1.29 is 19.1 Å². The summed E-state index contributed by atoms with van der Waals surface area (Å²) in [6.07, 6.45) is 6.65. The fourth-order valence-electron chi connectivity index (χ4n) is 4.97. The second-order valence-electron chi connectivity index (χ2n) is 8.34. The van der Waals surface area contributed by atoms with Gasteiger partial charge in [-0.2, -0.15) is 0 Å². The normalized spacial score (nSPS) is 28.1. The molecule has 3 aliphatic heterocycles. The summed E-state index contributed by atoms with van der Waals surface area (Å²) in [7, 11) is 3.36. The highest BCUT2D eigenvalue weighted by molar-refractivity contribution is 5.93. The third-order valence-electron chi connectivity index (χ3n) is 6.39. The Bertz CT molecular complexity index is 1040. The second-order valence-corrected chi connectivity index (χ2v) is 8.34. The Morgan fingerprint density at radius 2 is 2.26 bits per heavy atom. The average molecular weight is 420 g/mol. The molecule has 1 aromatic heterocycles. The number of amides is 2. The highest BCUT2D eigenvalue weighted by Gasteiger charge is 2.67. The maximum Gasteiger partial charge on any atom is 0.230 e. The van der Waals surface area contributed by atoms with Crippen LogP contribution in [0.3, 0.4) is 0 Å². The molecule has 8 nitrogen and oxygen atoms in total. The molecule has 0 saturated carbocycles. The van der Waals surface area contributed by atoms with Crippen molar-refractivity contribution in [2.24, 2.45) is 11.8 Å². The molecule has 5 rings (SSSR count). The first kappa shape index (κ1) is 19.7. The predicted octanol–water partition coefficient (Wildman–Crippen LogP) is 1.43. The van der Waals surface area contributed by atoms with E-state index in [4.69, 9.17) is 9.47 Å². The van der Waals surface area contributed by atoms with Gasteiger partial charge < -0.3 is 19.3 Å². The molecule has 1 aromatic carbocycles. The van der Waals surface area contributed by atoms with Crippen molar-refractivity contribution in [3.05, 3.63) is 66.3 Å². The summed E-state index contributed by atoms with van der Waals surface area (Å²) in [5.41, 5.74) is 1.00. The van der Waals surface area contributed by atoms with E-state index in [-0.39, 0.29) is 17.9 Å². The number of nitrogens with zero attached hydrogens (tertiary/aromatic N) is 4. The van der Waals surface area contributed by atoms with Crippen LogP contribution in [-0.4, -0.2) is 64.0 Å². The Balaban J connectivity index is 1.35. The number of rotatable bonds is 6. The van der Waals surface area contributed by atoms with Gasteiger partial charge in [0.15, 0.2) is 0 Å². The van der Waals surface area contributed by atoms with Gasteiger partial charge in [-0.15, -0.1) is 0 Å². The van der Waals surface area contributed by atoms with E-state index in [9.17, 15) is 9.59 Å². The van der Waals surface area contributed by atoms with Crippen LogP contribution in [0.1, 0.15) is 11.3 Å². The fraction of sp³-hybridized carbons (Fsp3) is 0.391. The number of ether oxygens (including phenoxy) is 2. The predicted molar refractivity (Wildman–Crippen MR) is 111 cm³/mol. The van der Waals surface area contributed by atoms with Crippen LogP contribution in [0.15, 0.2) is 55.0 Å². The molecule has 0 unspecified atom stereocenters. The van der Waals surface area contributed by atoms with Gasteiger partial charge in [-0.25, -0.2) is 9.97 Å². The van der Waals surface area contributed by atoms with Crippen molar-refractivity contribution in [3.63, 3.8) is 0 Å². The smallest absolute Gasteiger partial charge is 0.230 e. The number of aromatic nitrogens is 2. The van der Waals surface area contributed by atoms with Crippen LogP contribution in [-0.2, 0) is 27.4 Å². The number of methoxy groups -OCH3 is 1. The van der Waals surface area contributed by atoms with E-state index in [1.807, 2.05) is 36.4 Å². The van der Waals surface area contributed by atoms with Gasteiger partial charge in [-0.1, -0.05) is 24.3 Å². The van der Waals surface area contributed by atoms with Gasteiger partial charge in [-0.3, -0.25) is 9.59 Å². The molecule has 1 spiro atoms. The lowest BCUT2D eigenvalue weighted by molar-refractivity contribution is -0.142. The fourth-order valence-corrected chi connectivity index (χ4v) is 4.97. The minimum Gasteiger partial charge on any atom is -0.497 e. The molecule has 3 aliphatic rings. The van der Waals surface area contributed by atoms with E-state index in [0.717, 1.165) is 17.0 Å². The van der Waals surface area contributed by atoms with E-state index < -0.39 is 17.4 Å². The summed E-state index contributed by atoms with van der Waals surface area (Å²) < 4.78 is 11.5. The zero-order chi connectivity index (χ0) is 21.6. The molecule has 2 amide bonds. The molecule has 0 aliphatic carbocycles. The van der Waals surface area contributed by atoms with E-state index in [2.05, 4.69) is 9.97 Å². The average Bonchev–Trinajstić information content (AvgIpc) is 3.42. The largest absolute Gasteiger partial charge is 0.497 e. The molecule has 2 bridgehead atoms. The van der Waals surface area contributed by atoms with Crippen molar-refractivity contribution in [1.82, 2.24) is 19.8 Å². The first-order valence-electron chi connectivity index (χ1n) is 10.3. The zero-order valence-corrected chi connectivity index (χ0v) is 17.5. The summed E-state index contributed by atoms with van der Waals surface area (Å²) in [6, 6.07) is 9.45. The molecule has 4 heterocycles. The number of hydrogen-bond acceptors (Lipinski definition) is 6. The standard InChI is InChI=1S/C23H24N4O4/c1-26(12-16-7-9-24-14-25-16)21(28)19-18-6-8-23(31-18)13-27(22(29)20(19)23)11-15-4-3-5-17(10-15)30-2/h3-10,14,18-20H,11-13H2,1-2H3/t18-,19+,20+,23-/m0/s1. The first-order valence-corrected chi connectivity index (χ1v) is 10.3. The third-order valence-corrected chi connectivity index (χ3v) is 6.39. The first-order chi connectivity index (χ1) is 15.0. The van der Waals surface area contributed by atoms with E-state index in [0.29, 0.717) is 19.6 Å². The van der Waals surface area contributed by atoms with Crippen LogP contribution in [0.5, 0.6) is 5.75 Å². The third kappa shape index (κ3) is 3.27. The van der Waals surface area contributed by atoms with Crippen molar-refractivity contribution >= 4 is 11.8 Å². The lowest BCUT2D eigenvalue weighted by atomic mass is 9.76. The molecule has 8 heteroatoms. The minimum atomic E-state index is -0.725. The highest BCUT2D eigenvalue weighted by atomic mass is 16.5. The van der Waals surface area contributed by atoms with Crippen molar-refractivity contribution in [2.45, 2.75) is 24.8 Å². The summed E-state index contributed by atoms with van der Waals surface area (Å²) in [4.78, 5) is 38.3. The van der Waals surface area contributed by atoms with Crippen LogP contribution < -0.4 is 4.74 Å². The molecule has 2 saturated heterocycles. The molecule has 160 valence electrons. The lowest BCUT2D eigenvalue weighted by Crippen LogP contribution is -2.44. The Labute approximate surface area is 180 Å². The van der Waals surface area contributed by atoms with Crippen LogP contribution >= 0.6 is 0 Å². The van der Waals surface area contributed by atoms with Crippen LogP contribution in [0, 0.1) is 11.8 Å². The van der Waals surface area contributed by atoms with Crippen molar-refractivity contribution in [1.29, 1.82) is 0 Å². The monoisotopic (exact) mass is 420 g/mol. The topological polar surface area (TPSA) is 84.9 Å². The highest BCUT2D eigenvalue weighted by Crippen LogP contribution is 2.52. The number of benzene rings is 1. The molecule has 31 heavy (non-hydrogen) atoms. The molecule has 2 aromatic rings. The second kappa shape index (κ2) is 7.46. The molecule has 0 radical (unpaired) electrons. The van der Waals surface area contributed by atoms with Gasteiger partial charge in [0.25, 0.3) is 0 Å². The molecule has 2 fully saturated rings. The maximum atomic E-state index is 13.4. The Kier molecular flexibility index (Phi) is 4.74. The SMILES string of the molecule is COc1cccc(CN2C[C@]34C=C[C@H](O3)[C@@H](C(=O)N(C)Cc3ccncn3)[C@@H]4C2=O)c1. The van der Waals surface area contributed by atoms with Crippen molar-refractivity contribution in [2.75, 3.05) is 20.7 Å². The van der Waals surface area contributed by atoms with Crippen LogP contribution in [0.4, 0.5) is 0 Å². The van der Waals surface area contributed by atoms with E-state index in [1.165, 1.54) is 6.33 Å².